The van der Waals surface area contributed by atoms with Crippen LogP contribution in [0.2, 0.25) is 36.3 Å². The van der Waals surface area contributed by atoms with Crippen molar-refractivity contribution in [3.05, 3.63) is 35.4 Å². The molecule has 3 aromatic rings. The predicted molar refractivity (Wildman–Crippen MR) is 142 cm³/mol. The molecule has 5 heteroatoms. The van der Waals surface area contributed by atoms with Crippen LogP contribution in [-0.2, 0) is 0 Å². The zero-order valence-corrected chi connectivity index (χ0v) is 23.6. The third kappa shape index (κ3) is 4.62. The van der Waals surface area contributed by atoms with Crippen LogP contribution >= 0.6 is 0 Å². The van der Waals surface area contributed by atoms with Crippen molar-refractivity contribution >= 4 is 52.9 Å². The maximum atomic E-state index is 4.85. The van der Waals surface area contributed by atoms with E-state index >= 15 is 0 Å². The summed E-state index contributed by atoms with van der Waals surface area (Å²) in [6.45, 7) is 13.9. The summed E-state index contributed by atoms with van der Waals surface area (Å²) in [5.74, 6) is 7.29. The number of fused-ring (bicyclic) bond motifs is 2. The van der Waals surface area contributed by atoms with Gasteiger partial charge in [-0.25, -0.2) is 0 Å². The van der Waals surface area contributed by atoms with Crippen LogP contribution < -0.4 is 0 Å². The van der Waals surface area contributed by atoms with Gasteiger partial charge in [-0.2, -0.15) is 0 Å². The molecule has 1 aromatic heterocycles. The first kappa shape index (κ1) is 24.0. The molecule has 3 rings (SSSR count). The molecule has 0 unspecified atom stereocenters. The second-order valence-corrected chi connectivity index (χ2v) is 19.4. The Bertz CT molecular complexity index is 1070. The number of aromatic nitrogens is 2. The Hall–Kier alpha value is -1.63. The zero-order valence-electron chi connectivity index (χ0n) is 19.9. The van der Waals surface area contributed by atoms with Gasteiger partial charge < -0.3 is 0 Å². The van der Waals surface area contributed by atoms with Crippen molar-refractivity contribution in [1.29, 1.82) is 0 Å². The topological polar surface area (TPSA) is 25.8 Å². The minimum absolute atomic E-state index is 0.101. The van der Waals surface area contributed by atoms with Crippen molar-refractivity contribution in [2.45, 2.75) is 77.8 Å². The molecule has 1 heterocycles. The summed E-state index contributed by atoms with van der Waals surface area (Å²) in [5.41, 5.74) is 11.7. The van der Waals surface area contributed by atoms with Crippen LogP contribution in [0.4, 0.5) is 0 Å². The molecule has 0 saturated carbocycles. The van der Waals surface area contributed by atoms with E-state index in [-0.39, 0.29) is 15.0 Å². The Morgan fingerprint density at radius 1 is 0.645 bits per heavy atom. The first-order chi connectivity index (χ1) is 15.0. The Balaban J connectivity index is 2.32. The normalized spacial score (nSPS) is 11.8. The summed E-state index contributed by atoms with van der Waals surface area (Å²) < 4.78 is 9.69. The Morgan fingerprint density at radius 3 is 1.32 bits per heavy atom. The fraction of sp³-hybridized carbons (Fsp3) is 0.462. The molecule has 0 aliphatic carbocycles. The monoisotopic (exact) mass is 510 g/mol. The fourth-order valence-electron chi connectivity index (χ4n) is 4.36. The number of hydrogen-bond acceptors (Lipinski definition) is 2. The third-order valence-corrected chi connectivity index (χ3v) is 17.9. The van der Waals surface area contributed by atoms with Gasteiger partial charge in [-0.3, -0.25) is 0 Å². The van der Waals surface area contributed by atoms with Gasteiger partial charge >= 0.3 is 197 Å². The van der Waals surface area contributed by atoms with Crippen molar-refractivity contribution in [3.8, 4) is 22.9 Å². The molecular formula is C26H34N2SeSi2. The average molecular weight is 510 g/mol. The van der Waals surface area contributed by atoms with Crippen LogP contribution in [0.3, 0.4) is 0 Å². The molecule has 2 nitrogen and oxygen atoms in total. The first-order valence-electron chi connectivity index (χ1n) is 11.8. The quantitative estimate of drug-likeness (QED) is 0.275. The Morgan fingerprint density at radius 2 is 1.00 bits per heavy atom. The van der Waals surface area contributed by atoms with E-state index in [4.69, 9.17) is 7.96 Å². The van der Waals surface area contributed by atoms with Gasteiger partial charge in [0.05, 0.1) is 0 Å². The van der Waals surface area contributed by atoms with Gasteiger partial charge in [0.1, 0.15) is 0 Å². The van der Waals surface area contributed by atoms with Gasteiger partial charge in [0.15, 0.2) is 0 Å². The Kier molecular flexibility index (Phi) is 8.00. The fourth-order valence-corrected chi connectivity index (χ4v) is 10.4. The summed E-state index contributed by atoms with van der Waals surface area (Å²) >= 11 is -0.101. The molecule has 0 spiro atoms. The van der Waals surface area contributed by atoms with Crippen LogP contribution in [0, 0.1) is 22.9 Å². The standard InChI is InChI=1S/C26H34N2SeSi2/c1-7-30(8-2,9-3)19-17-23-21-15-13-14-16-22(21)24(26-25(23)27-29-28-26)18-20-31(10-4,11-5)12-6/h13-16H,7-12H2,1-6H3. The van der Waals surface area contributed by atoms with Crippen LogP contribution in [-0.4, -0.2) is 39.1 Å². The van der Waals surface area contributed by atoms with Gasteiger partial charge in [0.25, 0.3) is 0 Å². The molecule has 0 aliphatic heterocycles. The van der Waals surface area contributed by atoms with Crippen molar-refractivity contribution in [2.24, 2.45) is 0 Å². The molecule has 0 fully saturated rings. The summed E-state index contributed by atoms with van der Waals surface area (Å²) in [6, 6.07) is 15.9. The van der Waals surface area contributed by atoms with E-state index < -0.39 is 16.1 Å². The molecule has 0 N–H and O–H groups in total. The molecule has 0 bridgehead atoms. The second-order valence-electron chi connectivity index (χ2n) is 8.44. The van der Waals surface area contributed by atoms with Crippen LogP contribution in [0.5, 0.6) is 0 Å². The number of rotatable bonds is 6. The minimum atomic E-state index is -1.54. The van der Waals surface area contributed by atoms with E-state index in [0.717, 1.165) is 22.2 Å². The maximum absolute atomic E-state index is 4.85. The number of hydrogen-bond donors (Lipinski definition) is 0. The summed E-state index contributed by atoms with van der Waals surface area (Å²) in [5, 5.41) is 2.38. The zero-order chi connectivity index (χ0) is 22.5. The van der Waals surface area contributed by atoms with E-state index in [1.54, 1.807) is 0 Å². The van der Waals surface area contributed by atoms with Crippen molar-refractivity contribution < 1.29 is 0 Å². The van der Waals surface area contributed by atoms with Crippen molar-refractivity contribution in [2.75, 3.05) is 0 Å². The third-order valence-electron chi connectivity index (χ3n) is 7.39. The van der Waals surface area contributed by atoms with Gasteiger partial charge in [-0.1, -0.05) is 0 Å². The molecule has 162 valence electrons. The molecule has 2 aromatic carbocycles. The molecule has 0 radical (unpaired) electrons. The molecule has 0 saturated heterocycles. The summed E-state index contributed by atoms with van der Waals surface area (Å²) in [4.78, 5) is 0. The summed E-state index contributed by atoms with van der Waals surface area (Å²) in [6.07, 6.45) is 0. The SMILES string of the molecule is CC[Si](C#Cc1c2ccccc2c(C#C[Si](CC)(CC)CC)c2n[se]nc12)(CC)CC. The van der Waals surface area contributed by atoms with E-state index in [9.17, 15) is 0 Å². The molecule has 0 amide bonds. The van der Waals surface area contributed by atoms with E-state index in [1.807, 2.05) is 0 Å². The molecule has 0 aliphatic rings. The van der Waals surface area contributed by atoms with Crippen molar-refractivity contribution in [3.63, 3.8) is 0 Å². The average Bonchev–Trinajstić information content (AvgIpc) is 3.31. The van der Waals surface area contributed by atoms with E-state index in [2.05, 4.69) is 88.7 Å². The van der Waals surface area contributed by atoms with Gasteiger partial charge in [-0.15, -0.1) is 0 Å². The molecule has 31 heavy (non-hydrogen) atoms. The van der Waals surface area contributed by atoms with Crippen LogP contribution in [0.15, 0.2) is 24.3 Å². The van der Waals surface area contributed by atoms with Gasteiger partial charge in [-0.05, 0) is 0 Å². The molecular weight excluding hydrogens is 475 g/mol. The van der Waals surface area contributed by atoms with Gasteiger partial charge in [0, 0.05) is 0 Å². The van der Waals surface area contributed by atoms with Crippen LogP contribution in [0.25, 0.3) is 21.8 Å². The summed E-state index contributed by atoms with van der Waals surface area (Å²) in [7, 11) is -3.08. The van der Waals surface area contributed by atoms with Gasteiger partial charge in [0.2, 0.25) is 0 Å². The van der Waals surface area contributed by atoms with Crippen molar-refractivity contribution in [1.82, 2.24) is 7.96 Å². The molecule has 0 atom stereocenters. The van der Waals surface area contributed by atoms with E-state index in [0.29, 0.717) is 0 Å². The predicted octanol–water partition coefficient (Wildman–Crippen LogP) is 6.64. The second kappa shape index (κ2) is 10.3. The van der Waals surface area contributed by atoms with Crippen LogP contribution in [0.1, 0.15) is 52.7 Å². The number of nitrogens with zero attached hydrogens (tertiary/aromatic N) is 2. The number of benzene rings is 2. The first-order valence-corrected chi connectivity index (χ1v) is 18.5. The van der Waals surface area contributed by atoms with E-state index in [1.165, 1.54) is 47.0 Å². The Labute approximate surface area is 196 Å².